The SMILES string of the molecule is Cc1ccc(F)c(C(=O)NC2(C(=O)O)CCSCC2)c1. The lowest BCUT2D eigenvalue weighted by Crippen LogP contribution is -2.56. The van der Waals surface area contributed by atoms with Gasteiger partial charge in [0.2, 0.25) is 0 Å². The third-order valence-corrected chi connectivity index (χ3v) is 4.46. The van der Waals surface area contributed by atoms with E-state index in [1.54, 1.807) is 24.8 Å². The standard InChI is InChI=1S/C14H16FNO3S/c1-9-2-3-11(15)10(8-9)12(17)16-14(13(18)19)4-6-20-7-5-14/h2-3,8H,4-7H2,1H3,(H,16,17)(H,18,19). The Morgan fingerprint density at radius 1 is 1.35 bits per heavy atom. The first kappa shape index (κ1) is 14.8. The number of carboxylic acids is 1. The summed E-state index contributed by atoms with van der Waals surface area (Å²) in [5.41, 5.74) is -0.637. The lowest BCUT2D eigenvalue weighted by atomic mass is 9.91. The van der Waals surface area contributed by atoms with Crippen LogP contribution >= 0.6 is 11.8 Å². The van der Waals surface area contributed by atoms with E-state index < -0.39 is 23.2 Å². The van der Waals surface area contributed by atoms with Gasteiger partial charge in [-0.3, -0.25) is 4.79 Å². The molecule has 1 amide bonds. The van der Waals surface area contributed by atoms with Crippen LogP contribution in [0.15, 0.2) is 18.2 Å². The van der Waals surface area contributed by atoms with Crippen molar-refractivity contribution in [1.82, 2.24) is 5.32 Å². The molecular formula is C14H16FNO3S. The molecule has 1 aliphatic heterocycles. The Bertz CT molecular complexity index is 541. The van der Waals surface area contributed by atoms with Gasteiger partial charge >= 0.3 is 5.97 Å². The van der Waals surface area contributed by atoms with Crippen molar-refractivity contribution >= 4 is 23.6 Å². The van der Waals surface area contributed by atoms with Gasteiger partial charge in [-0.15, -0.1) is 0 Å². The number of nitrogens with one attached hydrogen (secondary N) is 1. The molecule has 1 fully saturated rings. The molecule has 6 heteroatoms. The van der Waals surface area contributed by atoms with E-state index >= 15 is 0 Å². The first-order chi connectivity index (χ1) is 9.44. The van der Waals surface area contributed by atoms with Crippen molar-refractivity contribution in [2.75, 3.05) is 11.5 Å². The van der Waals surface area contributed by atoms with E-state index in [9.17, 15) is 19.1 Å². The van der Waals surface area contributed by atoms with Gasteiger partial charge in [0.15, 0.2) is 0 Å². The first-order valence-corrected chi connectivity index (χ1v) is 7.50. The Hall–Kier alpha value is -1.56. The van der Waals surface area contributed by atoms with Gasteiger partial charge in [-0.2, -0.15) is 11.8 Å². The van der Waals surface area contributed by atoms with E-state index in [1.165, 1.54) is 12.1 Å². The maximum Gasteiger partial charge on any atom is 0.329 e. The number of aryl methyl sites for hydroxylation is 1. The van der Waals surface area contributed by atoms with Crippen LogP contribution in [-0.2, 0) is 4.79 Å². The fraction of sp³-hybridized carbons (Fsp3) is 0.429. The Morgan fingerprint density at radius 3 is 2.60 bits per heavy atom. The average molecular weight is 297 g/mol. The molecule has 2 N–H and O–H groups in total. The highest BCUT2D eigenvalue weighted by Crippen LogP contribution is 2.28. The zero-order valence-electron chi connectivity index (χ0n) is 11.1. The molecule has 0 saturated carbocycles. The molecule has 0 aromatic heterocycles. The molecule has 0 radical (unpaired) electrons. The zero-order chi connectivity index (χ0) is 14.8. The summed E-state index contributed by atoms with van der Waals surface area (Å²) < 4.78 is 13.7. The number of thioether (sulfide) groups is 1. The fourth-order valence-corrected chi connectivity index (χ4v) is 3.40. The summed E-state index contributed by atoms with van der Waals surface area (Å²) in [6.45, 7) is 1.75. The van der Waals surface area contributed by atoms with E-state index in [1.807, 2.05) is 0 Å². The quantitative estimate of drug-likeness (QED) is 0.897. The van der Waals surface area contributed by atoms with E-state index in [2.05, 4.69) is 5.32 Å². The number of carbonyl (C=O) groups excluding carboxylic acids is 1. The van der Waals surface area contributed by atoms with Crippen molar-refractivity contribution in [3.63, 3.8) is 0 Å². The predicted octanol–water partition coefficient (Wildman–Crippen LogP) is 2.21. The predicted molar refractivity (Wildman–Crippen MR) is 75.5 cm³/mol. The van der Waals surface area contributed by atoms with Crippen LogP contribution in [0.3, 0.4) is 0 Å². The lowest BCUT2D eigenvalue weighted by Gasteiger charge is -2.33. The summed E-state index contributed by atoms with van der Waals surface area (Å²) in [5, 5.41) is 11.9. The second-order valence-electron chi connectivity index (χ2n) is 4.94. The highest BCUT2D eigenvalue weighted by Gasteiger charge is 2.41. The number of carbonyl (C=O) groups is 2. The molecule has 2 rings (SSSR count). The number of amides is 1. The normalized spacial score (nSPS) is 17.5. The van der Waals surface area contributed by atoms with E-state index in [0.717, 1.165) is 5.56 Å². The molecule has 0 unspecified atom stereocenters. The van der Waals surface area contributed by atoms with Crippen LogP contribution in [0.4, 0.5) is 4.39 Å². The molecule has 1 aromatic carbocycles. The van der Waals surface area contributed by atoms with Crippen LogP contribution in [0.25, 0.3) is 0 Å². The number of hydrogen-bond donors (Lipinski definition) is 2. The molecule has 0 atom stereocenters. The minimum Gasteiger partial charge on any atom is -0.480 e. The van der Waals surface area contributed by atoms with Crippen molar-refractivity contribution < 1.29 is 19.1 Å². The molecule has 1 saturated heterocycles. The number of hydrogen-bond acceptors (Lipinski definition) is 3. The molecular weight excluding hydrogens is 281 g/mol. The largest absolute Gasteiger partial charge is 0.480 e. The molecule has 1 aromatic rings. The van der Waals surface area contributed by atoms with Crippen molar-refractivity contribution in [2.24, 2.45) is 0 Å². The van der Waals surface area contributed by atoms with Gasteiger partial charge < -0.3 is 10.4 Å². The molecule has 108 valence electrons. The van der Waals surface area contributed by atoms with E-state index in [4.69, 9.17) is 0 Å². The maximum absolute atomic E-state index is 13.7. The Kier molecular flexibility index (Phi) is 4.32. The fourth-order valence-electron chi connectivity index (χ4n) is 2.21. The van der Waals surface area contributed by atoms with Gasteiger partial charge in [-0.25, -0.2) is 9.18 Å². The number of aliphatic carboxylic acids is 1. The molecule has 4 nitrogen and oxygen atoms in total. The zero-order valence-corrected chi connectivity index (χ0v) is 11.9. The summed E-state index contributed by atoms with van der Waals surface area (Å²) in [5.74, 6) is -1.02. The van der Waals surface area contributed by atoms with Crippen molar-refractivity contribution in [2.45, 2.75) is 25.3 Å². The number of carboxylic acid groups (broad SMARTS) is 1. The summed E-state index contributed by atoms with van der Waals surface area (Å²) in [6, 6.07) is 4.21. The van der Waals surface area contributed by atoms with Gasteiger partial charge in [-0.05, 0) is 43.4 Å². The van der Waals surface area contributed by atoms with Crippen LogP contribution in [0.1, 0.15) is 28.8 Å². The summed E-state index contributed by atoms with van der Waals surface area (Å²) in [6.07, 6.45) is 0.707. The monoisotopic (exact) mass is 297 g/mol. The first-order valence-electron chi connectivity index (χ1n) is 6.34. The molecule has 0 bridgehead atoms. The average Bonchev–Trinajstić information content (AvgIpc) is 2.42. The highest BCUT2D eigenvalue weighted by atomic mass is 32.2. The van der Waals surface area contributed by atoms with Gasteiger partial charge in [0.25, 0.3) is 5.91 Å². The Labute approximate surface area is 120 Å². The van der Waals surface area contributed by atoms with Gasteiger partial charge in [0.05, 0.1) is 5.56 Å². The van der Waals surface area contributed by atoms with Crippen LogP contribution in [0.5, 0.6) is 0 Å². The summed E-state index contributed by atoms with van der Waals surface area (Å²) in [4.78, 5) is 23.7. The van der Waals surface area contributed by atoms with Crippen LogP contribution in [0, 0.1) is 12.7 Å². The van der Waals surface area contributed by atoms with E-state index in [-0.39, 0.29) is 5.56 Å². The van der Waals surface area contributed by atoms with Crippen LogP contribution < -0.4 is 5.32 Å². The maximum atomic E-state index is 13.7. The smallest absolute Gasteiger partial charge is 0.329 e. The van der Waals surface area contributed by atoms with E-state index in [0.29, 0.717) is 24.3 Å². The minimum atomic E-state index is -1.28. The molecule has 0 aliphatic carbocycles. The van der Waals surface area contributed by atoms with Gasteiger partial charge in [-0.1, -0.05) is 11.6 Å². The van der Waals surface area contributed by atoms with Crippen LogP contribution in [-0.4, -0.2) is 34.0 Å². The van der Waals surface area contributed by atoms with Gasteiger partial charge in [0.1, 0.15) is 11.4 Å². The summed E-state index contributed by atoms with van der Waals surface area (Å²) in [7, 11) is 0. The van der Waals surface area contributed by atoms with Crippen molar-refractivity contribution in [3.8, 4) is 0 Å². The molecule has 0 spiro atoms. The third-order valence-electron chi connectivity index (χ3n) is 3.48. The van der Waals surface area contributed by atoms with Crippen molar-refractivity contribution in [1.29, 1.82) is 0 Å². The second-order valence-corrected chi connectivity index (χ2v) is 6.16. The molecule has 1 heterocycles. The lowest BCUT2D eigenvalue weighted by molar-refractivity contribution is -0.144. The molecule has 1 aliphatic rings. The number of benzene rings is 1. The summed E-state index contributed by atoms with van der Waals surface area (Å²) >= 11 is 1.65. The topological polar surface area (TPSA) is 66.4 Å². The Balaban J connectivity index is 2.24. The molecule has 20 heavy (non-hydrogen) atoms. The highest BCUT2D eigenvalue weighted by molar-refractivity contribution is 7.99. The van der Waals surface area contributed by atoms with Gasteiger partial charge in [0, 0.05) is 0 Å². The second kappa shape index (κ2) is 5.83. The van der Waals surface area contributed by atoms with Crippen LogP contribution in [0.2, 0.25) is 0 Å². The minimum absolute atomic E-state index is 0.108. The van der Waals surface area contributed by atoms with Crippen molar-refractivity contribution in [3.05, 3.63) is 35.1 Å². The number of rotatable bonds is 3. The Morgan fingerprint density at radius 2 is 2.00 bits per heavy atom. The third kappa shape index (κ3) is 2.95. The number of halogens is 1.